The van der Waals surface area contributed by atoms with Crippen LogP contribution in [-0.4, -0.2) is 55.1 Å². The SMILES string of the molecule is Cc1csc(N2CCN(C(=O)[C@@]34CCCC[C@H]3CNC4)CC2)n1.Cl.Cl. The molecule has 1 aromatic rings. The van der Waals surface area contributed by atoms with E-state index in [0.717, 1.165) is 56.5 Å². The van der Waals surface area contributed by atoms with Crippen LogP contribution < -0.4 is 10.2 Å². The van der Waals surface area contributed by atoms with Crippen LogP contribution in [0.25, 0.3) is 0 Å². The van der Waals surface area contributed by atoms with Crippen LogP contribution in [0.1, 0.15) is 31.4 Å². The first-order valence-electron chi connectivity index (χ1n) is 8.86. The van der Waals surface area contributed by atoms with Crippen molar-refractivity contribution in [1.82, 2.24) is 15.2 Å². The molecule has 0 radical (unpaired) electrons. The maximum atomic E-state index is 13.3. The summed E-state index contributed by atoms with van der Waals surface area (Å²) in [7, 11) is 0. The van der Waals surface area contributed by atoms with Crippen molar-refractivity contribution < 1.29 is 4.79 Å². The molecular weight excluding hydrogens is 379 g/mol. The lowest BCUT2D eigenvalue weighted by atomic mass is 9.67. The van der Waals surface area contributed by atoms with Crippen LogP contribution in [0.15, 0.2) is 5.38 Å². The molecule has 5 nitrogen and oxygen atoms in total. The van der Waals surface area contributed by atoms with Crippen LogP contribution in [0.3, 0.4) is 0 Å². The van der Waals surface area contributed by atoms with E-state index in [0.29, 0.717) is 11.8 Å². The third-order valence-electron chi connectivity index (χ3n) is 5.91. The third-order valence-corrected chi connectivity index (χ3v) is 6.93. The molecule has 3 aliphatic rings. The summed E-state index contributed by atoms with van der Waals surface area (Å²) in [6.45, 7) is 7.46. The summed E-state index contributed by atoms with van der Waals surface area (Å²) in [5.74, 6) is 0.977. The Morgan fingerprint density at radius 1 is 1.28 bits per heavy atom. The molecule has 3 fully saturated rings. The average molecular weight is 407 g/mol. The normalized spacial score (nSPS) is 28.8. The number of nitrogens with zero attached hydrogens (tertiary/aromatic N) is 3. The van der Waals surface area contributed by atoms with Gasteiger partial charge in [0.1, 0.15) is 0 Å². The zero-order chi connectivity index (χ0) is 15.9. The fourth-order valence-corrected chi connectivity index (χ4v) is 5.43. The second kappa shape index (κ2) is 8.42. The Hall–Kier alpha value is -0.560. The van der Waals surface area contributed by atoms with Gasteiger partial charge in [-0.1, -0.05) is 12.8 Å². The van der Waals surface area contributed by atoms with E-state index < -0.39 is 0 Å². The van der Waals surface area contributed by atoms with Crippen LogP contribution >= 0.6 is 36.2 Å². The van der Waals surface area contributed by atoms with E-state index in [4.69, 9.17) is 0 Å². The number of anilines is 1. The second-order valence-corrected chi connectivity index (χ2v) is 8.12. The minimum absolute atomic E-state index is 0. The Balaban J connectivity index is 0.00000113. The van der Waals surface area contributed by atoms with E-state index in [1.165, 1.54) is 19.3 Å². The Morgan fingerprint density at radius 3 is 2.72 bits per heavy atom. The average Bonchev–Trinajstić information content (AvgIpc) is 3.21. The number of carbonyl (C=O) groups is 1. The molecule has 1 amide bonds. The summed E-state index contributed by atoms with van der Waals surface area (Å²) in [6, 6.07) is 0. The Morgan fingerprint density at radius 2 is 2.04 bits per heavy atom. The molecule has 142 valence electrons. The van der Waals surface area contributed by atoms with E-state index in [9.17, 15) is 4.79 Å². The molecule has 1 saturated carbocycles. The van der Waals surface area contributed by atoms with E-state index in [2.05, 4.69) is 25.5 Å². The topological polar surface area (TPSA) is 48.5 Å². The van der Waals surface area contributed by atoms with Gasteiger partial charge in [0.15, 0.2) is 5.13 Å². The fourth-order valence-electron chi connectivity index (χ4n) is 4.57. The van der Waals surface area contributed by atoms with Crippen LogP contribution in [-0.2, 0) is 4.79 Å². The maximum Gasteiger partial charge on any atom is 0.230 e. The summed E-state index contributed by atoms with van der Waals surface area (Å²) in [5.41, 5.74) is 0.988. The zero-order valence-corrected chi connectivity index (χ0v) is 17.1. The highest BCUT2D eigenvalue weighted by molar-refractivity contribution is 7.13. The molecule has 3 heterocycles. The number of hydrogen-bond acceptors (Lipinski definition) is 5. The van der Waals surface area contributed by atoms with E-state index in [1.54, 1.807) is 11.3 Å². The van der Waals surface area contributed by atoms with E-state index >= 15 is 0 Å². The van der Waals surface area contributed by atoms with Crippen molar-refractivity contribution in [2.24, 2.45) is 11.3 Å². The summed E-state index contributed by atoms with van der Waals surface area (Å²) in [6.07, 6.45) is 4.80. The van der Waals surface area contributed by atoms with Crippen LogP contribution in [0.5, 0.6) is 0 Å². The number of thiazole rings is 1. The van der Waals surface area contributed by atoms with Gasteiger partial charge in [0.25, 0.3) is 0 Å². The Kier molecular flexibility index (Phi) is 6.99. The smallest absolute Gasteiger partial charge is 0.230 e. The molecule has 0 bridgehead atoms. The standard InChI is InChI=1S/C17H26N4OS.2ClH/c1-13-11-23-16(19-13)21-8-6-20(7-9-21)15(22)17-5-3-2-4-14(17)10-18-12-17;;/h11,14,18H,2-10,12H2,1H3;2*1H/t14-,17+;;/m0../s1. The summed E-state index contributed by atoms with van der Waals surface area (Å²) < 4.78 is 0. The number of piperazine rings is 1. The van der Waals surface area contributed by atoms with Gasteiger partial charge in [-0.3, -0.25) is 4.79 Å². The van der Waals surface area contributed by atoms with Crippen molar-refractivity contribution in [3.8, 4) is 0 Å². The number of halogens is 2. The van der Waals surface area contributed by atoms with Crippen molar-refractivity contribution >= 4 is 47.2 Å². The van der Waals surface area contributed by atoms with Crippen LogP contribution in [0.2, 0.25) is 0 Å². The number of fused-ring (bicyclic) bond motifs is 1. The maximum absolute atomic E-state index is 13.3. The molecular formula is C17H28Cl2N4OS. The highest BCUT2D eigenvalue weighted by atomic mass is 35.5. The highest BCUT2D eigenvalue weighted by Gasteiger charge is 2.51. The van der Waals surface area contributed by atoms with Gasteiger partial charge >= 0.3 is 0 Å². The Labute approximate surface area is 166 Å². The van der Waals surface area contributed by atoms with Gasteiger partial charge in [-0.25, -0.2) is 4.98 Å². The molecule has 1 N–H and O–H groups in total. The van der Waals surface area contributed by atoms with Crippen LogP contribution in [0.4, 0.5) is 5.13 Å². The number of nitrogens with one attached hydrogen (secondary N) is 1. The lowest BCUT2D eigenvalue weighted by Gasteiger charge is -2.43. The predicted molar refractivity (Wildman–Crippen MR) is 107 cm³/mol. The first kappa shape index (κ1) is 20.7. The van der Waals surface area contributed by atoms with Gasteiger partial charge in [-0.2, -0.15) is 0 Å². The summed E-state index contributed by atoms with van der Waals surface area (Å²) in [5, 5.41) is 6.70. The molecule has 0 aromatic carbocycles. The first-order valence-corrected chi connectivity index (χ1v) is 9.74. The number of aryl methyl sites for hydroxylation is 1. The minimum Gasteiger partial charge on any atom is -0.345 e. The van der Waals surface area contributed by atoms with Crippen molar-refractivity contribution in [1.29, 1.82) is 0 Å². The van der Waals surface area contributed by atoms with Gasteiger partial charge < -0.3 is 15.1 Å². The number of amides is 1. The number of carbonyl (C=O) groups excluding carboxylic acids is 1. The second-order valence-electron chi connectivity index (χ2n) is 7.28. The zero-order valence-electron chi connectivity index (χ0n) is 14.7. The quantitative estimate of drug-likeness (QED) is 0.819. The number of aromatic nitrogens is 1. The molecule has 2 saturated heterocycles. The summed E-state index contributed by atoms with van der Waals surface area (Å²) >= 11 is 1.71. The van der Waals surface area contributed by atoms with Gasteiger partial charge in [0, 0.05) is 38.1 Å². The number of rotatable bonds is 2. The van der Waals surface area contributed by atoms with Crippen molar-refractivity contribution in [3.63, 3.8) is 0 Å². The molecule has 0 spiro atoms. The summed E-state index contributed by atoms with van der Waals surface area (Å²) in [4.78, 5) is 22.3. The van der Waals surface area contributed by atoms with Gasteiger partial charge in [-0.15, -0.1) is 36.2 Å². The van der Waals surface area contributed by atoms with Gasteiger partial charge in [-0.05, 0) is 32.2 Å². The molecule has 1 aromatic heterocycles. The molecule has 8 heteroatoms. The van der Waals surface area contributed by atoms with Crippen molar-refractivity contribution in [2.75, 3.05) is 44.2 Å². The van der Waals surface area contributed by atoms with E-state index in [1.807, 2.05) is 6.92 Å². The molecule has 2 atom stereocenters. The lowest BCUT2D eigenvalue weighted by Crippen LogP contribution is -2.56. The van der Waals surface area contributed by atoms with Gasteiger partial charge in [0.05, 0.1) is 11.1 Å². The largest absolute Gasteiger partial charge is 0.345 e. The molecule has 4 rings (SSSR count). The lowest BCUT2D eigenvalue weighted by molar-refractivity contribution is -0.145. The Bertz CT molecular complexity index is 591. The monoisotopic (exact) mass is 406 g/mol. The predicted octanol–water partition coefficient (Wildman–Crippen LogP) is 2.72. The minimum atomic E-state index is -0.0990. The van der Waals surface area contributed by atoms with E-state index in [-0.39, 0.29) is 30.2 Å². The van der Waals surface area contributed by atoms with Crippen molar-refractivity contribution in [3.05, 3.63) is 11.1 Å². The van der Waals surface area contributed by atoms with Gasteiger partial charge in [0.2, 0.25) is 5.91 Å². The number of hydrogen-bond donors (Lipinski definition) is 1. The molecule has 0 unspecified atom stereocenters. The highest BCUT2D eigenvalue weighted by Crippen LogP contribution is 2.45. The molecule has 25 heavy (non-hydrogen) atoms. The molecule has 1 aliphatic carbocycles. The first-order chi connectivity index (χ1) is 11.2. The molecule has 2 aliphatic heterocycles. The van der Waals surface area contributed by atoms with Crippen molar-refractivity contribution in [2.45, 2.75) is 32.6 Å². The van der Waals surface area contributed by atoms with Crippen LogP contribution in [0, 0.1) is 18.3 Å². The third kappa shape index (κ3) is 3.77. The fraction of sp³-hybridized carbons (Fsp3) is 0.765.